The van der Waals surface area contributed by atoms with E-state index in [0.717, 1.165) is 0 Å². The van der Waals surface area contributed by atoms with Crippen molar-refractivity contribution in [1.82, 2.24) is 0 Å². The first kappa shape index (κ1) is 10.8. The molecular weight excluding hydrogens is 182 g/mol. The fraction of sp³-hybridized carbons (Fsp3) is 0.125. The van der Waals surface area contributed by atoms with Crippen LogP contribution in [0, 0.1) is 0 Å². The molecule has 1 rings (SSSR count). The molecule has 0 aromatic heterocycles. The van der Waals surface area contributed by atoms with E-state index in [1.165, 1.54) is 25.3 Å². The highest BCUT2D eigenvalue weighted by Crippen LogP contribution is 1.95. The maximum Gasteiger partial charge on any atom is 0.488 e. The summed E-state index contributed by atoms with van der Waals surface area (Å²) in [5.41, 5.74) is 0.592. The molecule has 1 aromatic rings. The molecule has 0 bridgehead atoms. The first-order valence-electron chi connectivity index (χ1n) is 3.90. The van der Waals surface area contributed by atoms with Crippen LogP contribution in [-0.2, 0) is 4.74 Å². The van der Waals surface area contributed by atoms with Gasteiger partial charge in [-0.15, -0.1) is 0 Å². The van der Waals surface area contributed by atoms with Crippen molar-refractivity contribution >= 4 is 31.9 Å². The van der Waals surface area contributed by atoms with Crippen LogP contribution in [0.15, 0.2) is 18.2 Å². The van der Waals surface area contributed by atoms with Gasteiger partial charge in [0.2, 0.25) is 0 Å². The van der Waals surface area contributed by atoms with Crippen LogP contribution in [0.4, 0.5) is 0 Å². The van der Waals surface area contributed by atoms with E-state index in [1.807, 2.05) is 0 Å². The molecule has 70 valence electrons. The predicted molar refractivity (Wildman–Crippen MR) is 53.0 cm³/mol. The Bertz CT molecular complexity index is 351. The molecular formula is C8H8B2O4. The Labute approximate surface area is 83.1 Å². The van der Waals surface area contributed by atoms with E-state index in [2.05, 4.69) is 4.74 Å². The van der Waals surface area contributed by atoms with E-state index in [9.17, 15) is 4.79 Å². The summed E-state index contributed by atoms with van der Waals surface area (Å²) in [6.45, 7) is 0. The van der Waals surface area contributed by atoms with Gasteiger partial charge in [-0.2, -0.15) is 0 Å². The summed E-state index contributed by atoms with van der Waals surface area (Å²) in [5.74, 6) is -0.554. The van der Waals surface area contributed by atoms with Crippen molar-refractivity contribution in [2.75, 3.05) is 7.11 Å². The predicted octanol–water partition coefficient (Wildman–Crippen LogP) is -2.05. The molecule has 0 spiro atoms. The molecule has 4 nitrogen and oxygen atoms in total. The molecule has 0 aliphatic carbocycles. The Morgan fingerprint density at radius 2 is 2.14 bits per heavy atom. The fourth-order valence-corrected chi connectivity index (χ4v) is 1.04. The summed E-state index contributed by atoms with van der Waals surface area (Å²) in [4.78, 5) is 11.1. The minimum Gasteiger partial charge on any atom is -0.465 e. The van der Waals surface area contributed by atoms with Crippen molar-refractivity contribution in [3.05, 3.63) is 23.8 Å². The second-order valence-corrected chi connectivity index (χ2v) is 2.71. The quantitative estimate of drug-likeness (QED) is 0.415. The summed E-state index contributed by atoms with van der Waals surface area (Å²) in [5, 5.41) is 17.6. The molecule has 1 aromatic carbocycles. The lowest BCUT2D eigenvalue weighted by molar-refractivity contribution is 0.0602. The van der Waals surface area contributed by atoms with Gasteiger partial charge >= 0.3 is 13.1 Å². The van der Waals surface area contributed by atoms with Crippen LogP contribution in [0.2, 0.25) is 0 Å². The molecule has 0 saturated heterocycles. The van der Waals surface area contributed by atoms with E-state index in [1.54, 1.807) is 0 Å². The summed E-state index contributed by atoms with van der Waals surface area (Å²) in [7, 11) is 5.17. The lowest BCUT2D eigenvalue weighted by atomic mass is 9.76. The van der Waals surface area contributed by atoms with Crippen LogP contribution >= 0.6 is 0 Å². The molecule has 0 heterocycles. The van der Waals surface area contributed by atoms with E-state index < -0.39 is 13.1 Å². The average molecular weight is 190 g/mol. The Morgan fingerprint density at radius 3 is 2.57 bits per heavy atom. The maximum atomic E-state index is 11.1. The molecule has 0 aliphatic rings. The zero-order valence-electron chi connectivity index (χ0n) is 7.60. The Balaban J connectivity index is 3.07. The van der Waals surface area contributed by atoms with Gasteiger partial charge in [-0.25, -0.2) is 4.79 Å². The standard InChI is InChI=1S/C8H8B2O4/c1-14-8(11)6-3-2-5(10(12)13)4-7(6)9/h2-4,12-13H,1H3. The highest BCUT2D eigenvalue weighted by molar-refractivity contribution is 6.59. The van der Waals surface area contributed by atoms with Crippen molar-refractivity contribution in [3.8, 4) is 0 Å². The topological polar surface area (TPSA) is 66.8 Å². The molecule has 14 heavy (non-hydrogen) atoms. The molecule has 0 unspecified atom stereocenters. The van der Waals surface area contributed by atoms with Gasteiger partial charge in [0.1, 0.15) is 7.85 Å². The second kappa shape index (κ2) is 4.30. The second-order valence-electron chi connectivity index (χ2n) is 2.71. The highest BCUT2D eigenvalue weighted by atomic mass is 16.5. The van der Waals surface area contributed by atoms with E-state index in [-0.39, 0.29) is 16.5 Å². The van der Waals surface area contributed by atoms with Gasteiger partial charge in [0.05, 0.1) is 12.7 Å². The average Bonchev–Trinajstić information content (AvgIpc) is 2.16. The molecule has 2 radical (unpaired) electrons. The zero-order chi connectivity index (χ0) is 10.7. The highest BCUT2D eigenvalue weighted by Gasteiger charge is 2.14. The Kier molecular flexibility index (Phi) is 3.33. The largest absolute Gasteiger partial charge is 0.488 e. The Hall–Kier alpha value is -1.26. The summed E-state index contributed by atoms with van der Waals surface area (Å²) in [6.07, 6.45) is 0. The fourth-order valence-electron chi connectivity index (χ4n) is 1.04. The SMILES string of the molecule is [B]c1cc(B(O)O)ccc1C(=O)OC. The number of rotatable bonds is 2. The minimum atomic E-state index is -1.59. The molecule has 0 aliphatic heterocycles. The molecule has 0 saturated carbocycles. The monoisotopic (exact) mass is 190 g/mol. The number of methoxy groups -OCH3 is 1. The van der Waals surface area contributed by atoms with E-state index in [0.29, 0.717) is 0 Å². The van der Waals surface area contributed by atoms with Crippen LogP contribution in [-0.4, -0.2) is 38.1 Å². The lowest BCUT2D eigenvalue weighted by Crippen LogP contribution is -2.33. The number of hydrogen-bond acceptors (Lipinski definition) is 4. The first-order chi connectivity index (χ1) is 6.56. The molecule has 0 amide bonds. The molecule has 2 N–H and O–H groups in total. The van der Waals surface area contributed by atoms with Crippen molar-refractivity contribution in [1.29, 1.82) is 0 Å². The third-order valence-electron chi connectivity index (χ3n) is 1.78. The summed E-state index contributed by atoms with van der Waals surface area (Å²) < 4.78 is 4.47. The van der Waals surface area contributed by atoms with Gasteiger partial charge in [-0.3, -0.25) is 0 Å². The van der Waals surface area contributed by atoms with Crippen molar-refractivity contribution in [2.45, 2.75) is 0 Å². The zero-order valence-corrected chi connectivity index (χ0v) is 7.60. The molecule has 6 heteroatoms. The number of esters is 1. The van der Waals surface area contributed by atoms with Crippen LogP contribution in [0.1, 0.15) is 10.4 Å². The third-order valence-corrected chi connectivity index (χ3v) is 1.78. The van der Waals surface area contributed by atoms with Gasteiger partial charge < -0.3 is 14.8 Å². The third kappa shape index (κ3) is 2.16. The van der Waals surface area contributed by atoms with Crippen molar-refractivity contribution < 1.29 is 19.6 Å². The number of carbonyl (C=O) groups is 1. The van der Waals surface area contributed by atoms with Crippen molar-refractivity contribution in [3.63, 3.8) is 0 Å². The number of carbonyl (C=O) groups excluding carboxylic acids is 1. The maximum absolute atomic E-state index is 11.1. The Morgan fingerprint density at radius 1 is 1.50 bits per heavy atom. The van der Waals surface area contributed by atoms with Gasteiger partial charge in [-0.1, -0.05) is 17.6 Å². The van der Waals surface area contributed by atoms with Crippen LogP contribution < -0.4 is 10.9 Å². The normalized spacial score (nSPS) is 9.64. The lowest BCUT2D eigenvalue weighted by Gasteiger charge is -2.06. The van der Waals surface area contributed by atoms with E-state index >= 15 is 0 Å². The van der Waals surface area contributed by atoms with Gasteiger partial charge in [0.15, 0.2) is 0 Å². The first-order valence-corrected chi connectivity index (χ1v) is 3.90. The van der Waals surface area contributed by atoms with E-state index in [4.69, 9.17) is 17.9 Å². The van der Waals surface area contributed by atoms with Crippen LogP contribution in [0.25, 0.3) is 0 Å². The van der Waals surface area contributed by atoms with Crippen LogP contribution in [0.3, 0.4) is 0 Å². The number of benzene rings is 1. The summed E-state index contributed by atoms with van der Waals surface area (Å²) >= 11 is 0. The van der Waals surface area contributed by atoms with Gasteiger partial charge in [0, 0.05) is 0 Å². The smallest absolute Gasteiger partial charge is 0.465 e. The van der Waals surface area contributed by atoms with Gasteiger partial charge in [-0.05, 0) is 11.5 Å². The summed E-state index contributed by atoms with van der Waals surface area (Å²) in [6, 6.07) is 4.10. The van der Waals surface area contributed by atoms with Crippen LogP contribution in [0.5, 0.6) is 0 Å². The van der Waals surface area contributed by atoms with Gasteiger partial charge in [0.25, 0.3) is 0 Å². The molecule has 0 fully saturated rings. The number of ether oxygens (including phenoxy) is 1. The number of hydrogen-bond donors (Lipinski definition) is 2. The minimum absolute atomic E-state index is 0.155. The van der Waals surface area contributed by atoms with Crippen molar-refractivity contribution in [2.24, 2.45) is 0 Å². The molecule has 0 atom stereocenters.